The number of hydrogen-bond acceptors (Lipinski definition) is 4. The summed E-state index contributed by atoms with van der Waals surface area (Å²) in [6.07, 6.45) is 1.57. The number of para-hydroxylation sites is 2. The number of halogens is 2. The molecule has 7 nitrogen and oxygen atoms in total. The smallest absolute Gasteiger partial charge is 0.297 e. The fourth-order valence-corrected chi connectivity index (χ4v) is 3.63. The van der Waals surface area contributed by atoms with Crippen molar-refractivity contribution < 1.29 is 4.79 Å². The summed E-state index contributed by atoms with van der Waals surface area (Å²) in [7, 11) is 0. The number of benzene rings is 2. The molecule has 9 heteroatoms. The molecule has 148 valence electrons. The third-order valence-electron chi connectivity index (χ3n) is 4.56. The summed E-state index contributed by atoms with van der Waals surface area (Å²) in [6.45, 7) is 1.84. The van der Waals surface area contributed by atoms with Crippen LogP contribution in [0.25, 0.3) is 16.7 Å². The molecule has 1 amide bonds. The van der Waals surface area contributed by atoms with Crippen molar-refractivity contribution in [2.75, 3.05) is 5.32 Å². The molecule has 0 saturated heterocycles. The van der Waals surface area contributed by atoms with Crippen LogP contribution in [-0.2, 0) is 17.8 Å². The van der Waals surface area contributed by atoms with Gasteiger partial charge in [-0.3, -0.25) is 18.6 Å². The molecule has 2 aromatic carbocycles. The van der Waals surface area contributed by atoms with Crippen molar-refractivity contribution >= 4 is 51.5 Å². The van der Waals surface area contributed by atoms with Gasteiger partial charge in [-0.1, -0.05) is 42.3 Å². The highest BCUT2D eigenvalue weighted by atomic mass is 35.5. The van der Waals surface area contributed by atoms with E-state index in [1.54, 1.807) is 28.7 Å². The van der Waals surface area contributed by atoms with Crippen LogP contribution in [0, 0.1) is 0 Å². The van der Waals surface area contributed by atoms with E-state index in [0.717, 1.165) is 17.8 Å². The molecule has 4 aromatic rings. The molecule has 1 N–H and O–H groups in total. The van der Waals surface area contributed by atoms with Gasteiger partial charge >= 0.3 is 0 Å². The Balaban J connectivity index is 1.79. The van der Waals surface area contributed by atoms with Crippen molar-refractivity contribution in [2.45, 2.75) is 26.3 Å². The summed E-state index contributed by atoms with van der Waals surface area (Å²) >= 11 is 12.1. The molecule has 0 bridgehead atoms. The fraction of sp³-hybridized carbons (Fsp3) is 0.200. The van der Waals surface area contributed by atoms with Crippen LogP contribution in [-0.4, -0.2) is 25.1 Å². The number of fused-ring (bicyclic) bond motifs is 3. The van der Waals surface area contributed by atoms with Gasteiger partial charge in [-0.15, -0.1) is 10.2 Å². The number of hydrogen-bond donors (Lipinski definition) is 1. The van der Waals surface area contributed by atoms with E-state index in [2.05, 4.69) is 15.5 Å². The van der Waals surface area contributed by atoms with Crippen LogP contribution < -0.4 is 10.9 Å². The van der Waals surface area contributed by atoms with E-state index in [-0.39, 0.29) is 17.8 Å². The monoisotopic (exact) mass is 429 g/mol. The van der Waals surface area contributed by atoms with Crippen LogP contribution >= 0.6 is 23.2 Å². The summed E-state index contributed by atoms with van der Waals surface area (Å²) in [5, 5.41) is 11.8. The minimum absolute atomic E-state index is 0.195. The Labute approximate surface area is 175 Å². The maximum atomic E-state index is 13.1. The zero-order valence-electron chi connectivity index (χ0n) is 15.5. The minimum atomic E-state index is -0.404. The number of nitrogens with one attached hydrogen (secondary N) is 1. The SMILES string of the molecule is CCCc1nnc2c(=O)n(CC(=O)Nc3cc(Cl)ccc3Cl)c3ccccc3n12. The number of rotatable bonds is 5. The first-order chi connectivity index (χ1) is 14.0. The van der Waals surface area contributed by atoms with Crippen molar-refractivity contribution in [3.8, 4) is 0 Å². The van der Waals surface area contributed by atoms with Gasteiger partial charge in [-0.05, 0) is 36.8 Å². The van der Waals surface area contributed by atoms with E-state index in [9.17, 15) is 9.59 Å². The second-order valence-corrected chi connectivity index (χ2v) is 7.42. The van der Waals surface area contributed by atoms with Gasteiger partial charge in [0.2, 0.25) is 11.6 Å². The van der Waals surface area contributed by atoms with E-state index in [1.165, 1.54) is 4.57 Å². The predicted octanol–water partition coefficient (Wildman–Crippen LogP) is 3.94. The Bertz CT molecular complexity index is 1300. The summed E-state index contributed by atoms with van der Waals surface area (Å²) in [6, 6.07) is 12.2. The molecule has 2 aromatic heterocycles. The van der Waals surface area contributed by atoms with Gasteiger partial charge in [-0.2, -0.15) is 0 Å². The molecule has 0 saturated carbocycles. The van der Waals surface area contributed by atoms with Crippen LogP contribution in [0.5, 0.6) is 0 Å². The van der Waals surface area contributed by atoms with Gasteiger partial charge in [-0.25, -0.2) is 0 Å². The average molecular weight is 430 g/mol. The van der Waals surface area contributed by atoms with E-state index < -0.39 is 5.91 Å². The number of carbonyl (C=O) groups excluding carboxylic acids is 1. The van der Waals surface area contributed by atoms with Gasteiger partial charge in [0, 0.05) is 11.4 Å². The largest absolute Gasteiger partial charge is 0.323 e. The number of aryl methyl sites for hydroxylation is 1. The molecule has 0 aliphatic carbocycles. The highest BCUT2D eigenvalue weighted by Crippen LogP contribution is 2.25. The topological polar surface area (TPSA) is 81.3 Å². The van der Waals surface area contributed by atoms with Gasteiger partial charge in [0.25, 0.3) is 5.56 Å². The Hall–Kier alpha value is -2.90. The lowest BCUT2D eigenvalue weighted by Gasteiger charge is -2.13. The highest BCUT2D eigenvalue weighted by molar-refractivity contribution is 6.35. The maximum absolute atomic E-state index is 13.1. The second kappa shape index (κ2) is 7.85. The first kappa shape index (κ1) is 19.4. The summed E-state index contributed by atoms with van der Waals surface area (Å²) in [5.41, 5.74) is 1.58. The van der Waals surface area contributed by atoms with Crippen LogP contribution in [0.15, 0.2) is 47.3 Å². The zero-order chi connectivity index (χ0) is 20.5. The molecule has 0 fully saturated rings. The Morgan fingerprint density at radius 3 is 2.62 bits per heavy atom. The lowest BCUT2D eigenvalue weighted by Crippen LogP contribution is -2.29. The average Bonchev–Trinajstić information content (AvgIpc) is 3.12. The standard InChI is InChI=1S/C20H17Cl2N5O2/c1-2-5-17-24-25-19-20(29)26(15-6-3-4-7-16(15)27(17)19)11-18(28)23-14-10-12(21)8-9-13(14)22/h3-4,6-10H,2,5,11H2,1H3,(H,23,28). The van der Waals surface area contributed by atoms with Crippen molar-refractivity contribution in [2.24, 2.45) is 0 Å². The highest BCUT2D eigenvalue weighted by Gasteiger charge is 2.18. The fourth-order valence-electron chi connectivity index (χ4n) is 3.29. The molecule has 0 radical (unpaired) electrons. The number of nitrogens with zero attached hydrogens (tertiary/aromatic N) is 4. The van der Waals surface area contributed by atoms with Gasteiger partial charge in [0.15, 0.2) is 0 Å². The third-order valence-corrected chi connectivity index (χ3v) is 5.12. The maximum Gasteiger partial charge on any atom is 0.297 e. The first-order valence-electron chi connectivity index (χ1n) is 9.10. The normalized spacial score (nSPS) is 11.3. The molecule has 0 unspecified atom stereocenters. The number of amides is 1. The van der Waals surface area contributed by atoms with Crippen molar-refractivity contribution in [3.05, 3.63) is 68.7 Å². The van der Waals surface area contributed by atoms with Gasteiger partial charge in [0.05, 0.1) is 21.7 Å². The van der Waals surface area contributed by atoms with Crippen molar-refractivity contribution in [3.63, 3.8) is 0 Å². The van der Waals surface area contributed by atoms with Crippen molar-refractivity contribution in [1.29, 1.82) is 0 Å². The Kier molecular flexibility index (Phi) is 5.25. The molecule has 29 heavy (non-hydrogen) atoms. The van der Waals surface area contributed by atoms with Crippen LogP contribution in [0.3, 0.4) is 0 Å². The first-order valence-corrected chi connectivity index (χ1v) is 9.85. The van der Waals surface area contributed by atoms with E-state index in [4.69, 9.17) is 23.2 Å². The molecule has 0 spiro atoms. The molecular weight excluding hydrogens is 413 g/mol. The lowest BCUT2D eigenvalue weighted by atomic mass is 10.2. The Morgan fingerprint density at radius 2 is 1.86 bits per heavy atom. The summed E-state index contributed by atoms with van der Waals surface area (Å²) in [4.78, 5) is 25.8. The van der Waals surface area contributed by atoms with Crippen LogP contribution in [0.2, 0.25) is 10.0 Å². The summed E-state index contributed by atoms with van der Waals surface area (Å²) in [5.74, 6) is 0.317. The van der Waals surface area contributed by atoms with Crippen LogP contribution in [0.4, 0.5) is 5.69 Å². The molecule has 0 atom stereocenters. The molecule has 0 aliphatic heterocycles. The van der Waals surface area contributed by atoms with Crippen molar-refractivity contribution in [1.82, 2.24) is 19.2 Å². The van der Waals surface area contributed by atoms with Gasteiger partial charge in [0.1, 0.15) is 12.4 Å². The molecule has 2 heterocycles. The summed E-state index contributed by atoms with van der Waals surface area (Å²) < 4.78 is 3.16. The lowest BCUT2D eigenvalue weighted by molar-refractivity contribution is -0.116. The second-order valence-electron chi connectivity index (χ2n) is 6.58. The number of anilines is 1. The van der Waals surface area contributed by atoms with E-state index >= 15 is 0 Å². The van der Waals surface area contributed by atoms with Gasteiger partial charge < -0.3 is 5.32 Å². The van der Waals surface area contributed by atoms with Crippen LogP contribution in [0.1, 0.15) is 19.2 Å². The minimum Gasteiger partial charge on any atom is -0.323 e. The molecule has 4 rings (SSSR count). The number of carbonyl (C=O) groups is 1. The quantitative estimate of drug-likeness (QED) is 0.520. The molecular formula is C20H17Cl2N5O2. The zero-order valence-corrected chi connectivity index (χ0v) is 17.0. The predicted molar refractivity (Wildman–Crippen MR) is 114 cm³/mol. The number of aromatic nitrogens is 4. The Morgan fingerprint density at radius 1 is 1.10 bits per heavy atom. The molecule has 0 aliphatic rings. The van der Waals surface area contributed by atoms with E-state index in [1.807, 2.05) is 25.1 Å². The van der Waals surface area contributed by atoms with E-state index in [0.29, 0.717) is 27.7 Å². The third kappa shape index (κ3) is 3.59.